The number of aromatic amines is 1. The van der Waals surface area contributed by atoms with Crippen LogP contribution in [0, 0.1) is 0 Å². The van der Waals surface area contributed by atoms with Crippen molar-refractivity contribution in [2.24, 2.45) is 0 Å². The number of imidazole rings is 1. The van der Waals surface area contributed by atoms with Gasteiger partial charge in [0.15, 0.2) is 11.0 Å². The van der Waals surface area contributed by atoms with Crippen molar-refractivity contribution >= 4 is 29.2 Å². The van der Waals surface area contributed by atoms with E-state index in [0.717, 1.165) is 11.4 Å². The number of carboxylic acids is 1. The first-order chi connectivity index (χ1) is 13.4. The minimum Gasteiger partial charge on any atom is -0.478 e. The van der Waals surface area contributed by atoms with Gasteiger partial charge in [0.25, 0.3) is 5.91 Å². The Morgan fingerprint density at radius 2 is 2.25 bits per heavy atom. The first-order valence-electron chi connectivity index (χ1n) is 9.09. The minimum absolute atomic E-state index is 0.188. The largest absolute Gasteiger partial charge is 0.478 e. The highest BCUT2D eigenvalue weighted by Gasteiger charge is 2.31. The molecular formula is C19H23ClN4O4. The number of benzene rings is 1. The van der Waals surface area contributed by atoms with Crippen molar-refractivity contribution in [2.45, 2.75) is 31.9 Å². The van der Waals surface area contributed by atoms with Gasteiger partial charge in [0.05, 0.1) is 23.4 Å². The Kier molecular flexibility index (Phi) is 6.21. The second kappa shape index (κ2) is 8.62. The van der Waals surface area contributed by atoms with Crippen LogP contribution in [-0.4, -0.2) is 59.3 Å². The molecule has 1 aromatic carbocycles. The van der Waals surface area contributed by atoms with Gasteiger partial charge in [0, 0.05) is 25.9 Å². The number of hydrogen-bond acceptors (Lipinski definition) is 5. The number of nitrogens with one attached hydrogen (secondary N) is 2. The summed E-state index contributed by atoms with van der Waals surface area (Å²) in [6, 6.07) is 6.61. The van der Waals surface area contributed by atoms with E-state index in [4.69, 9.17) is 16.3 Å². The summed E-state index contributed by atoms with van der Waals surface area (Å²) in [7, 11) is 1.60. The van der Waals surface area contributed by atoms with E-state index in [1.54, 1.807) is 25.3 Å². The van der Waals surface area contributed by atoms with Crippen molar-refractivity contribution in [2.75, 3.05) is 25.1 Å². The third-order valence-corrected chi connectivity index (χ3v) is 5.25. The molecule has 2 atom stereocenters. The maximum absolute atomic E-state index is 12.5. The molecule has 1 fully saturated rings. The van der Waals surface area contributed by atoms with Gasteiger partial charge in [-0.2, -0.15) is 0 Å². The topological polar surface area (TPSA) is 108 Å². The van der Waals surface area contributed by atoms with Gasteiger partial charge in [-0.1, -0.05) is 24.6 Å². The lowest BCUT2D eigenvalue weighted by molar-refractivity contribution is 0.0538. The lowest BCUT2D eigenvalue weighted by Gasteiger charge is -2.39. The number of hydrogen-bond donors (Lipinski definition) is 3. The van der Waals surface area contributed by atoms with E-state index >= 15 is 0 Å². The molecule has 1 aromatic heterocycles. The van der Waals surface area contributed by atoms with Crippen molar-refractivity contribution in [1.82, 2.24) is 15.3 Å². The molecule has 1 aliphatic rings. The van der Waals surface area contributed by atoms with Crippen molar-refractivity contribution in [3.05, 3.63) is 46.5 Å². The maximum Gasteiger partial charge on any atom is 0.335 e. The highest BCUT2D eigenvalue weighted by molar-refractivity contribution is 6.30. The number of rotatable bonds is 6. The van der Waals surface area contributed by atoms with Crippen LogP contribution in [0.4, 0.5) is 5.69 Å². The van der Waals surface area contributed by atoms with Gasteiger partial charge in [0.1, 0.15) is 0 Å². The average molecular weight is 407 g/mol. The normalized spacial score (nSPS) is 19.5. The van der Waals surface area contributed by atoms with Crippen molar-refractivity contribution < 1.29 is 19.4 Å². The van der Waals surface area contributed by atoms with Crippen molar-refractivity contribution in [3.63, 3.8) is 0 Å². The third kappa shape index (κ3) is 4.28. The zero-order chi connectivity index (χ0) is 20.3. The number of halogens is 1. The molecule has 2 aromatic rings. The Bertz CT molecular complexity index is 869. The molecule has 2 heterocycles. The maximum atomic E-state index is 12.5. The Balaban J connectivity index is 1.68. The monoisotopic (exact) mass is 406 g/mol. The molecule has 1 saturated heterocycles. The van der Waals surface area contributed by atoms with E-state index < -0.39 is 5.97 Å². The quantitative estimate of drug-likeness (QED) is 0.679. The van der Waals surface area contributed by atoms with Gasteiger partial charge in [-0.3, -0.25) is 4.79 Å². The summed E-state index contributed by atoms with van der Waals surface area (Å²) < 4.78 is 5.59. The van der Waals surface area contributed by atoms with Gasteiger partial charge < -0.3 is 25.0 Å². The molecule has 3 N–H and O–H groups in total. The van der Waals surface area contributed by atoms with Crippen molar-refractivity contribution in [1.29, 1.82) is 0 Å². The number of ether oxygens (including phenoxy) is 1. The van der Waals surface area contributed by atoms with E-state index in [9.17, 15) is 14.7 Å². The fourth-order valence-electron chi connectivity index (χ4n) is 3.36. The van der Waals surface area contributed by atoms with Gasteiger partial charge in [-0.25, -0.2) is 9.78 Å². The number of piperidine rings is 1. The summed E-state index contributed by atoms with van der Waals surface area (Å²) in [5.74, 6) is -1.10. The minimum atomic E-state index is -0.962. The SMILES string of the molecule is CCc1[nH]c(C(=O)NC2CCN(c3cccc(C(=O)O)c3)CC2OC)nc1Cl. The highest BCUT2D eigenvalue weighted by Crippen LogP contribution is 2.23. The highest BCUT2D eigenvalue weighted by atomic mass is 35.5. The Morgan fingerprint density at radius 3 is 2.89 bits per heavy atom. The smallest absolute Gasteiger partial charge is 0.335 e. The van der Waals surface area contributed by atoms with E-state index in [2.05, 4.69) is 20.2 Å². The number of aromatic carboxylic acids is 1. The molecule has 28 heavy (non-hydrogen) atoms. The van der Waals surface area contributed by atoms with Gasteiger partial charge in [0.2, 0.25) is 0 Å². The Morgan fingerprint density at radius 1 is 1.46 bits per heavy atom. The molecule has 8 nitrogen and oxygen atoms in total. The van der Waals surface area contributed by atoms with Crippen LogP contribution in [0.1, 0.15) is 40.0 Å². The number of H-pyrrole nitrogens is 1. The van der Waals surface area contributed by atoms with Gasteiger partial charge in [-0.05, 0) is 31.0 Å². The van der Waals surface area contributed by atoms with Gasteiger partial charge in [-0.15, -0.1) is 0 Å². The van der Waals surface area contributed by atoms with Crippen LogP contribution in [0.15, 0.2) is 24.3 Å². The van der Waals surface area contributed by atoms with E-state index in [0.29, 0.717) is 31.1 Å². The predicted molar refractivity (Wildman–Crippen MR) is 105 cm³/mol. The molecule has 0 spiro atoms. The van der Waals surface area contributed by atoms with Crippen LogP contribution in [0.3, 0.4) is 0 Å². The van der Waals surface area contributed by atoms with Crippen LogP contribution < -0.4 is 10.2 Å². The van der Waals surface area contributed by atoms with Crippen molar-refractivity contribution in [3.8, 4) is 0 Å². The Labute approximate surface area is 167 Å². The zero-order valence-electron chi connectivity index (χ0n) is 15.7. The first-order valence-corrected chi connectivity index (χ1v) is 9.47. The van der Waals surface area contributed by atoms with E-state index in [1.165, 1.54) is 0 Å². The lowest BCUT2D eigenvalue weighted by atomic mass is 10.0. The zero-order valence-corrected chi connectivity index (χ0v) is 16.5. The second-order valence-electron chi connectivity index (χ2n) is 6.65. The number of aromatic nitrogens is 2. The number of carboxylic acid groups (broad SMARTS) is 1. The second-order valence-corrected chi connectivity index (χ2v) is 7.01. The number of nitrogens with zero attached hydrogens (tertiary/aromatic N) is 2. The van der Waals surface area contributed by atoms with Crippen LogP contribution in [0.5, 0.6) is 0 Å². The summed E-state index contributed by atoms with van der Waals surface area (Å²) in [4.78, 5) is 32.8. The lowest BCUT2D eigenvalue weighted by Crippen LogP contribution is -2.55. The average Bonchev–Trinajstić information content (AvgIpc) is 3.09. The molecule has 1 amide bonds. The van der Waals surface area contributed by atoms with Crippen LogP contribution in [0.2, 0.25) is 5.15 Å². The van der Waals surface area contributed by atoms with Crippen LogP contribution in [-0.2, 0) is 11.2 Å². The summed E-state index contributed by atoms with van der Waals surface area (Å²) in [6.07, 6.45) is 1.06. The number of aryl methyl sites for hydroxylation is 1. The van der Waals surface area contributed by atoms with E-state index in [1.807, 2.05) is 13.0 Å². The fraction of sp³-hybridized carbons (Fsp3) is 0.421. The molecule has 150 valence electrons. The first kappa shape index (κ1) is 20.2. The predicted octanol–water partition coefficient (Wildman–Crippen LogP) is 2.35. The number of carbonyl (C=O) groups excluding carboxylic acids is 1. The summed E-state index contributed by atoms with van der Waals surface area (Å²) in [5, 5.41) is 12.5. The standard InChI is InChI=1S/C19H23ClN4O4/c1-3-13-16(20)23-17(21-13)18(25)22-14-7-8-24(10-15(14)28-2)12-6-4-5-11(9-12)19(26)27/h4-6,9,14-15H,3,7-8,10H2,1-2H3,(H,21,23)(H,22,25)(H,26,27). The van der Waals surface area contributed by atoms with Gasteiger partial charge >= 0.3 is 5.97 Å². The molecule has 0 saturated carbocycles. The number of carbonyl (C=O) groups is 2. The number of anilines is 1. The molecule has 1 aliphatic heterocycles. The number of amides is 1. The molecule has 3 rings (SSSR count). The summed E-state index contributed by atoms with van der Waals surface area (Å²) in [5.41, 5.74) is 1.78. The summed E-state index contributed by atoms with van der Waals surface area (Å²) >= 11 is 6.01. The molecule has 9 heteroatoms. The molecular weight excluding hydrogens is 384 g/mol. The van der Waals surface area contributed by atoms with Crippen LogP contribution >= 0.6 is 11.6 Å². The van der Waals surface area contributed by atoms with Crippen LogP contribution in [0.25, 0.3) is 0 Å². The van der Waals surface area contributed by atoms with E-state index in [-0.39, 0.29) is 29.4 Å². The fourth-order valence-corrected chi connectivity index (χ4v) is 3.62. The summed E-state index contributed by atoms with van der Waals surface area (Å²) in [6.45, 7) is 3.12. The molecule has 0 aliphatic carbocycles. The third-order valence-electron chi connectivity index (χ3n) is 4.93. The molecule has 0 radical (unpaired) electrons. The number of methoxy groups -OCH3 is 1. The molecule has 0 bridgehead atoms. The molecule has 2 unspecified atom stereocenters. The Hall–Kier alpha value is -2.58.